The number of rotatable bonds is 8. The second kappa shape index (κ2) is 7.64. The highest BCUT2D eigenvalue weighted by atomic mass is 32.2. The molecule has 1 saturated carbocycles. The molecule has 1 fully saturated rings. The molecule has 0 bridgehead atoms. The van der Waals surface area contributed by atoms with E-state index in [9.17, 15) is 14.0 Å². The largest absolute Gasteiger partial charge is 0.370 e. The average molecular weight is 363 g/mol. The number of hydrogen-bond donors (Lipinski definition) is 2. The van der Waals surface area contributed by atoms with Crippen molar-refractivity contribution in [2.45, 2.75) is 36.9 Å². The fourth-order valence-corrected chi connectivity index (χ4v) is 3.11. The number of primary amides is 1. The van der Waals surface area contributed by atoms with Gasteiger partial charge in [-0.2, -0.15) is 0 Å². The molecule has 1 aliphatic rings. The van der Waals surface area contributed by atoms with Crippen LogP contribution in [-0.4, -0.2) is 32.3 Å². The van der Waals surface area contributed by atoms with Gasteiger partial charge in [0.25, 0.3) is 0 Å². The smallest absolute Gasteiger partial charge is 0.234 e. The van der Waals surface area contributed by atoms with Crippen LogP contribution in [0.1, 0.15) is 31.0 Å². The summed E-state index contributed by atoms with van der Waals surface area (Å²) in [4.78, 5) is 23.1. The highest BCUT2D eigenvalue weighted by Crippen LogP contribution is 2.40. The normalized spacial score (nSPS) is 13.6. The van der Waals surface area contributed by atoms with Crippen molar-refractivity contribution in [3.05, 3.63) is 35.9 Å². The van der Waals surface area contributed by atoms with Gasteiger partial charge in [0, 0.05) is 24.6 Å². The van der Waals surface area contributed by atoms with E-state index in [0.29, 0.717) is 23.3 Å². The number of amides is 2. The lowest BCUT2D eigenvalue weighted by Gasteiger charge is -2.09. The third-order valence-corrected chi connectivity index (χ3v) is 4.70. The third-order valence-electron chi connectivity index (χ3n) is 3.73. The number of carbonyl (C=O) groups is 2. The van der Waals surface area contributed by atoms with Crippen LogP contribution in [0.2, 0.25) is 0 Å². The first-order chi connectivity index (χ1) is 12.0. The molecular weight excluding hydrogens is 345 g/mol. The molecule has 3 rings (SSSR count). The lowest BCUT2D eigenvalue weighted by molar-refractivity contribution is -0.118. The topological polar surface area (TPSA) is 103 Å². The number of nitrogens with two attached hydrogens (primary N) is 1. The maximum atomic E-state index is 12.9. The van der Waals surface area contributed by atoms with Crippen molar-refractivity contribution in [1.29, 1.82) is 0 Å². The van der Waals surface area contributed by atoms with E-state index < -0.39 is 0 Å². The number of halogens is 1. The van der Waals surface area contributed by atoms with Crippen molar-refractivity contribution in [2.75, 3.05) is 11.1 Å². The summed E-state index contributed by atoms with van der Waals surface area (Å²) in [6.07, 6.45) is 2.32. The Labute approximate surface area is 148 Å². The average Bonchev–Trinajstić information content (AvgIpc) is 3.34. The second-order valence-electron chi connectivity index (χ2n) is 5.83. The first-order valence-corrected chi connectivity index (χ1v) is 8.91. The van der Waals surface area contributed by atoms with Crippen LogP contribution >= 0.6 is 11.8 Å². The van der Waals surface area contributed by atoms with Gasteiger partial charge in [0.15, 0.2) is 5.16 Å². The molecule has 9 heteroatoms. The molecule has 0 aliphatic heterocycles. The van der Waals surface area contributed by atoms with Crippen molar-refractivity contribution in [2.24, 2.45) is 5.73 Å². The van der Waals surface area contributed by atoms with E-state index in [1.54, 1.807) is 0 Å². The molecule has 1 aromatic carbocycles. The van der Waals surface area contributed by atoms with Gasteiger partial charge in [-0.1, -0.05) is 11.8 Å². The van der Waals surface area contributed by atoms with Crippen LogP contribution < -0.4 is 11.1 Å². The number of carbonyl (C=O) groups excluding carboxylic acids is 2. The minimum absolute atomic E-state index is 0.136. The summed E-state index contributed by atoms with van der Waals surface area (Å²) in [7, 11) is 0. The van der Waals surface area contributed by atoms with E-state index in [0.717, 1.165) is 18.7 Å². The van der Waals surface area contributed by atoms with Crippen LogP contribution in [0, 0.1) is 5.82 Å². The molecule has 2 aromatic rings. The summed E-state index contributed by atoms with van der Waals surface area (Å²) in [5, 5.41) is 11.6. The van der Waals surface area contributed by atoms with E-state index in [4.69, 9.17) is 5.73 Å². The van der Waals surface area contributed by atoms with Gasteiger partial charge in [-0.15, -0.1) is 10.2 Å². The van der Waals surface area contributed by atoms with Crippen LogP contribution in [0.3, 0.4) is 0 Å². The minimum Gasteiger partial charge on any atom is -0.370 e. The molecule has 0 atom stereocenters. The molecular formula is C16H18FN5O2S. The van der Waals surface area contributed by atoms with Crippen molar-refractivity contribution in [1.82, 2.24) is 14.8 Å². The monoisotopic (exact) mass is 363 g/mol. The van der Waals surface area contributed by atoms with Crippen LogP contribution in [0.15, 0.2) is 29.4 Å². The maximum Gasteiger partial charge on any atom is 0.234 e. The zero-order valence-corrected chi connectivity index (χ0v) is 14.3. The van der Waals surface area contributed by atoms with Crippen molar-refractivity contribution in [3.63, 3.8) is 0 Å². The summed E-state index contributed by atoms with van der Waals surface area (Å²) in [6.45, 7) is 0.413. The highest BCUT2D eigenvalue weighted by molar-refractivity contribution is 7.99. The summed E-state index contributed by atoms with van der Waals surface area (Å²) < 4.78 is 14.7. The van der Waals surface area contributed by atoms with Gasteiger partial charge in [-0.05, 0) is 37.1 Å². The van der Waals surface area contributed by atoms with Gasteiger partial charge in [0.05, 0.1) is 5.75 Å². The number of hydrogen-bond acceptors (Lipinski definition) is 5. The Balaban J connectivity index is 1.60. The molecule has 1 heterocycles. The van der Waals surface area contributed by atoms with Gasteiger partial charge in [-0.25, -0.2) is 4.39 Å². The third kappa shape index (κ3) is 4.79. The number of thioether (sulfide) groups is 1. The molecule has 7 nitrogen and oxygen atoms in total. The van der Waals surface area contributed by atoms with E-state index in [1.807, 2.05) is 4.57 Å². The van der Waals surface area contributed by atoms with Crippen LogP contribution in [-0.2, 0) is 16.1 Å². The van der Waals surface area contributed by atoms with Crippen LogP contribution in [0.25, 0.3) is 0 Å². The predicted molar refractivity (Wildman–Crippen MR) is 91.6 cm³/mol. The standard InChI is InChI=1S/C16H18FN5O2S/c17-11-3-5-12(6-4-11)19-14(24)9-25-16-21-20-15(10-1-2-10)22(16)8-7-13(18)23/h3-6,10H,1-2,7-9H2,(H2,18,23)(H,19,24). The summed E-state index contributed by atoms with van der Waals surface area (Å²) in [5.74, 6) is 0.388. The Morgan fingerprint density at radius 1 is 1.28 bits per heavy atom. The Kier molecular flexibility index (Phi) is 5.32. The van der Waals surface area contributed by atoms with Gasteiger partial charge >= 0.3 is 0 Å². The van der Waals surface area contributed by atoms with Crippen molar-refractivity contribution >= 4 is 29.3 Å². The predicted octanol–water partition coefficient (Wildman–Crippen LogP) is 1.90. The number of anilines is 1. The lowest BCUT2D eigenvalue weighted by Crippen LogP contribution is -2.17. The SMILES string of the molecule is NC(=O)CCn1c(SCC(=O)Nc2ccc(F)cc2)nnc1C1CC1. The maximum absolute atomic E-state index is 12.9. The Bertz CT molecular complexity index is 773. The summed E-state index contributed by atoms with van der Waals surface area (Å²) in [5.41, 5.74) is 5.76. The number of nitrogens with zero attached hydrogens (tertiary/aromatic N) is 3. The van der Waals surface area contributed by atoms with Gasteiger partial charge in [-0.3, -0.25) is 9.59 Å². The summed E-state index contributed by atoms with van der Waals surface area (Å²) >= 11 is 1.25. The first-order valence-electron chi connectivity index (χ1n) is 7.92. The summed E-state index contributed by atoms with van der Waals surface area (Å²) in [6, 6.07) is 5.56. The van der Waals surface area contributed by atoms with Crippen molar-refractivity contribution < 1.29 is 14.0 Å². The molecule has 132 valence electrons. The van der Waals surface area contributed by atoms with E-state index in [-0.39, 0.29) is 29.8 Å². The number of benzene rings is 1. The molecule has 0 spiro atoms. The second-order valence-corrected chi connectivity index (χ2v) is 6.77. The zero-order chi connectivity index (χ0) is 17.8. The van der Waals surface area contributed by atoms with Crippen LogP contribution in [0.4, 0.5) is 10.1 Å². The molecule has 1 aromatic heterocycles. The first kappa shape index (κ1) is 17.4. The number of aromatic nitrogens is 3. The molecule has 0 unspecified atom stereocenters. The zero-order valence-electron chi connectivity index (χ0n) is 13.4. The van der Waals surface area contributed by atoms with Gasteiger partial charge in [0.1, 0.15) is 11.6 Å². The quantitative estimate of drug-likeness (QED) is 0.697. The highest BCUT2D eigenvalue weighted by Gasteiger charge is 2.30. The molecule has 1 aliphatic carbocycles. The molecule has 0 radical (unpaired) electrons. The molecule has 25 heavy (non-hydrogen) atoms. The lowest BCUT2D eigenvalue weighted by atomic mass is 10.3. The Hall–Kier alpha value is -2.42. The minimum atomic E-state index is -0.388. The molecule has 3 N–H and O–H groups in total. The van der Waals surface area contributed by atoms with E-state index >= 15 is 0 Å². The van der Waals surface area contributed by atoms with E-state index in [1.165, 1.54) is 36.0 Å². The molecule has 0 saturated heterocycles. The number of nitrogens with one attached hydrogen (secondary N) is 1. The fraction of sp³-hybridized carbons (Fsp3) is 0.375. The molecule has 2 amide bonds. The van der Waals surface area contributed by atoms with Gasteiger partial charge < -0.3 is 15.6 Å². The van der Waals surface area contributed by atoms with Crippen LogP contribution in [0.5, 0.6) is 0 Å². The van der Waals surface area contributed by atoms with Crippen molar-refractivity contribution in [3.8, 4) is 0 Å². The van der Waals surface area contributed by atoms with E-state index in [2.05, 4.69) is 15.5 Å². The Morgan fingerprint density at radius 3 is 2.64 bits per heavy atom. The Morgan fingerprint density at radius 2 is 2.00 bits per heavy atom. The van der Waals surface area contributed by atoms with Gasteiger partial charge in [0.2, 0.25) is 11.8 Å². The fourth-order valence-electron chi connectivity index (χ4n) is 2.34.